The van der Waals surface area contributed by atoms with Gasteiger partial charge in [-0.25, -0.2) is 9.78 Å². The lowest BCUT2D eigenvalue weighted by molar-refractivity contribution is -0.132. The maximum atomic E-state index is 12.2. The van der Waals surface area contributed by atoms with Crippen LogP contribution in [0, 0.1) is 0 Å². The zero-order valence-corrected chi connectivity index (χ0v) is 15.1. The third-order valence-corrected chi connectivity index (χ3v) is 5.74. The Morgan fingerprint density at radius 1 is 1.33 bits per heavy atom. The average Bonchev–Trinajstić information content (AvgIpc) is 3.20. The predicted octanol–water partition coefficient (Wildman–Crippen LogP) is 3.28. The first-order valence-electron chi connectivity index (χ1n) is 8.99. The summed E-state index contributed by atoms with van der Waals surface area (Å²) >= 11 is 1.49. The highest BCUT2D eigenvalue weighted by atomic mass is 32.1. The largest absolute Gasteiger partial charge is 0.337 e. The Kier molecular flexibility index (Phi) is 5.71. The van der Waals surface area contributed by atoms with Crippen LogP contribution >= 0.6 is 11.3 Å². The summed E-state index contributed by atoms with van der Waals surface area (Å²) in [6, 6.07) is 0.134. The lowest BCUT2D eigenvalue weighted by atomic mass is 10.1. The molecule has 0 aromatic carbocycles. The molecule has 1 fully saturated rings. The number of thiazole rings is 1. The smallest absolute Gasteiger partial charge is 0.321 e. The summed E-state index contributed by atoms with van der Waals surface area (Å²) in [7, 11) is 0. The van der Waals surface area contributed by atoms with E-state index in [1.54, 1.807) is 0 Å². The minimum Gasteiger partial charge on any atom is -0.337 e. The van der Waals surface area contributed by atoms with Crippen LogP contribution in [0.15, 0.2) is 0 Å². The molecule has 0 saturated heterocycles. The Hall–Kier alpha value is -1.63. The van der Waals surface area contributed by atoms with Gasteiger partial charge in [0.15, 0.2) is 5.13 Å². The van der Waals surface area contributed by atoms with E-state index in [1.807, 2.05) is 4.90 Å². The van der Waals surface area contributed by atoms with Gasteiger partial charge in [-0.2, -0.15) is 0 Å². The summed E-state index contributed by atoms with van der Waals surface area (Å²) in [6.07, 6.45) is 7.90. The number of anilines is 1. The minimum absolute atomic E-state index is 0.163. The summed E-state index contributed by atoms with van der Waals surface area (Å²) in [5.41, 5.74) is 1.02. The molecule has 2 heterocycles. The second-order valence-electron chi connectivity index (χ2n) is 6.64. The van der Waals surface area contributed by atoms with Crippen molar-refractivity contribution in [3.05, 3.63) is 10.6 Å². The first-order valence-corrected chi connectivity index (χ1v) is 9.81. The van der Waals surface area contributed by atoms with E-state index in [0.717, 1.165) is 49.2 Å². The number of urea groups is 1. The molecule has 3 amide bonds. The van der Waals surface area contributed by atoms with Crippen LogP contribution in [-0.2, 0) is 17.8 Å². The lowest BCUT2D eigenvalue weighted by Gasteiger charge is -2.26. The second kappa shape index (κ2) is 7.96. The van der Waals surface area contributed by atoms with Crippen molar-refractivity contribution in [2.45, 2.75) is 70.9 Å². The van der Waals surface area contributed by atoms with Gasteiger partial charge in [-0.3, -0.25) is 10.1 Å². The number of unbranched alkanes of at least 4 members (excludes halogenated alkanes) is 1. The van der Waals surface area contributed by atoms with Crippen LogP contribution < -0.4 is 10.6 Å². The number of amides is 3. The summed E-state index contributed by atoms with van der Waals surface area (Å²) in [6.45, 7) is 3.45. The molecule has 6 nitrogen and oxygen atoms in total. The van der Waals surface area contributed by atoms with E-state index >= 15 is 0 Å². The molecule has 2 aliphatic rings. The fraction of sp³-hybridized carbons (Fsp3) is 0.706. The number of hydrogen-bond acceptors (Lipinski definition) is 4. The van der Waals surface area contributed by atoms with Crippen LogP contribution in [0.1, 0.15) is 62.4 Å². The number of carbonyl (C=O) groups excluding carboxylic acids is 2. The molecule has 2 N–H and O–H groups in total. The highest BCUT2D eigenvalue weighted by molar-refractivity contribution is 7.15. The van der Waals surface area contributed by atoms with E-state index in [9.17, 15) is 9.59 Å². The van der Waals surface area contributed by atoms with E-state index in [4.69, 9.17) is 0 Å². The zero-order valence-electron chi connectivity index (χ0n) is 14.3. The predicted molar refractivity (Wildman–Crippen MR) is 95.2 cm³/mol. The standard InChI is InChI=1S/C17H26N4O2S/c1-2-3-8-15(22)21-10-9-13-14(11-21)24-17(19-13)20-16(23)18-12-6-4-5-7-12/h12H,2-11H2,1H3,(H2,18,19,20,23). The molecule has 0 spiro atoms. The number of nitrogens with one attached hydrogen (secondary N) is 2. The molecule has 0 radical (unpaired) electrons. The van der Waals surface area contributed by atoms with Gasteiger partial charge in [-0.05, 0) is 19.3 Å². The molecular formula is C17H26N4O2S. The third-order valence-electron chi connectivity index (χ3n) is 4.74. The third kappa shape index (κ3) is 4.26. The Morgan fingerprint density at radius 2 is 2.12 bits per heavy atom. The van der Waals surface area contributed by atoms with E-state index in [1.165, 1.54) is 24.2 Å². The van der Waals surface area contributed by atoms with Gasteiger partial charge >= 0.3 is 6.03 Å². The summed E-state index contributed by atoms with van der Waals surface area (Å²) in [5, 5.41) is 6.51. The summed E-state index contributed by atoms with van der Waals surface area (Å²) in [5.74, 6) is 0.226. The molecule has 1 aromatic heterocycles. The molecule has 1 aliphatic carbocycles. The molecule has 1 aromatic rings. The van der Waals surface area contributed by atoms with Gasteiger partial charge in [0, 0.05) is 30.3 Å². The highest BCUT2D eigenvalue weighted by Crippen LogP contribution is 2.29. The quantitative estimate of drug-likeness (QED) is 0.856. The van der Waals surface area contributed by atoms with Crippen molar-refractivity contribution < 1.29 is 9.59 Å². The van der Waals surface area contributed by atoms with Crippen LogP contribution in [0.4, 0.5) is 9.93 Å². The monoisotopic (exact) mass is 350 g/mol. The van der Waals surface area contributed by atoms with Crippen molar-refractivity contribution in [3.63, 3.8) is 0 Å². The molecule has 0 atom stereocenters. The van der Waals surface area contributed by atoms with E-state index in [2.05, 4.69) is 22.5 Å². The topological polar surface area (TPSA) is 74.3 Å². The van der Waals surface area contributed by atoms with E-state index in [0.29, 0.717) is 24.1 Å². The highest BCUT2D eigenvalue weighted by Gasteiger charge is 2.24. The Labute approximate surface area is 147 Å². The van der Waals surface area contributed by atoms with Crippen LogP contribution in [0.5, 0.6) is 0 Å². The Morgan fingerprint density at radius 3 is 2.88 bits per heavy atom. The van der Waals surface area contributed by atoms with Crippen molar-refractivity contribution >= 4 is 28.4 Å². The maximum absolute atomic E-state index is 12.2. The molecular weight excluding hydrogens is 324 g/mol. The van der Waals surface area contributed by atoms with Gasteiger partial charge in [0.25, 0.3) is 0 Å². The van der Waals surface area contributed by atoms with Crippen LogP contribution in [0.25, 0.3) is 0 Å². The normalized spacial score (nSPS) is 17.6. The fourth-order valence-electron chi connectivity index (χ4n) is 3.34. The van der Waals surface area contributed by atoms with Gasteiger partial charge in [0.2, 0.25) is 5.91 Å². The van der Waals surface area contributed by atoms with Gasteiger partial charge < -0.3 is 10.2 Å². The fourth-order valence-corrected chi connectivity index (χ4v) is 4.36. The van der Waals surface area contributed by atoms with Gasteiger partial charge in [0.1, 0.15) is 0 Å². The van der Waals surface area contributed by atoms with Crippen molar-refractivity contribution in [1.82, 2.24) is 15.2 Å². The number of hydrogen-bond donors (Lipinski definition) is 2. The van der Waals surface area contributed by atoms with Crippen molar-refractivity contribution in [2.24, 2.45) is 0 Å². The molecule has 1 saturated carbocycles. The number of fused-ring (bicyclic) bond motifs is 1. The molecule has 0 bridgehead atoms. The van der Waals surface area contributed by atoms with E-state index < -0.39 is 0 Å². The van der Waals surface area contributed by atoms with E-state index in [-0.39, 0.29) is 11.9 Å². The summed E-state index contributed by atoms with van der Waals surface area (Å²) < 4.78 is 0. The number of aromatic nitrogens is 1. The minimum atomic E-state index is -0.163. The molecule has 0 unspecified atom stereocenters. The maximum Gasteiger partial charge on any atom is 0.321 e. The van der Waals surface area contributed by atoms with Gasteiger partial charge in [-0.15, -0.1) is 0 Å². The van der Waals surface area contributed by atoms with Crippen molar-refractivity contribution in [1.29, 1.82) is 0 Å². The first kappa shape index (κ1) is 17.2. The van der Waals surface area contributed by atoms with Crippen molar-refractivity contribution in [3.8, 4) is 0 Å². The second-order valence-corrected chi connectivity index (χ2v) is 7.72. The summed E-state index contributed by atoms with van der Waals surface area (Å²) in [4.78, 5) is 31.8. The molecule has 3 rings (SSSR count). The SMILES string of the molecule is CCCCC(=O)N1CCc2nc(NC(=O)NC3CCCC3)sc2C1. The van der Waals surface area contributed by atoms with Crippen LogP contribution in [0.2, 0.25) is 0 Å². The molecule has 24 heavy (non-hydrogen) atoms. The average molecular weight is 350 g/mol. The first-order chi connectivity index (χ1) is 11.7. The number of carbonyl (C=O) groups is 2. The van der Waals surface area contributed by atoms with Crippen LogP contribution in [-0.4, -0.2) is 34.4 Å². The number of rotatable bonds is 5. The van der Waals surface area contributed by atoms with Crippen molar-refractivity contribution in [2.75, 3.05) is 11.9 Å². The molecule has 132 valence electrons. The molecule has 7 heteroatoms. The molecule has 1 aliphatic heterocycles. The Bertz CT molecular complexity index is 595. The zero-order chi connectivity index (χ0) is 16.9. The van der Waals surface area contributed by atoms with Crippen LogP contribution in [0.3, 0.4) is 0 Å². The van der Waals surface area contributed by atoms with Gasteiger partial charge in [0.05, 0.1) is 12.2 Å². The number of nitrogens with zero attached hydrogens (tertiary/aromatic N) is 2. The van der Waals surface area contributed by atoms with Gasteiger partial charge in [-0.1, -0.05) is 37.5 Å². The Balaban J connectivity index is 1.54. The lowest BCUT2D eigenvalue weighted by Crippen LogP contribution is -2.36.